The van der Waals surface area contributed by atoms with Crippen molar-refractivity contribution in [2.24, 2.45) is 11.3 Å². The summed E-state index contributed by atoms with van der Waals surface area (Å²) in [6.07, 6.45) is 4.66. The lowest BCUT2D eigenvalue weighted by Gasteiger charge is -2.21. The van der Waals surface area contributed by atoms with Gasteiger partial charge >= 0.3 is 0 Å². The highest BCUT2D eigenvalue weighted by atomic mass is 16.1. The van der Waals surface area contributed by atoms with Gasteiger partial charge in [0.15, 0.2) is 11.6 Å². The first kappa shape index (κ1) is 11.4. The van der Waals surface area contributed by atoms with Crippen molar-refractivity contribution in [1.82, 2.24) is 0 Å². The summed E-state index contributed by atoms with van der Waals surface area (Å²) in [6, 6.07) is 9.88. The molecule has 0 N–H and O–H groups in total. The predicted molar refractivity (Wildman–Crippen MR) is 69.2 cm³/mol. The standard InChI is InChI=1S/C16H16O2/c1-16-9-12(11-5-3-2-4-6-11)14(17)7-8-15(18)13(16)10-16/h2-8,12-13H,9-10H2,1H3/b8-7-/t12-,13-,16-/m0/s1. The SMILES string of the molecule is C[C@@]12C[C@@H](c3ccccc3)C(=O)/C=C\C(=O)[C@@H]1C2. The Bertz CT molecular complexity index is 529. The third-order valence-electron chi connectivity index (χ3n) is 4.32. The number of hydrogen-bond acceptors (Lipinski definition) is 2. The van der Waals surface area contributed by atoms with Crippen LogP contribution < -0.4 is 0 Å². The van der Waals surface area contributed by atoms with Crippen LogP contribution in [0.5, 0.6) is 0 Å². The van der Waals surface area contributed by atoms with Crippen molar-refractivity contribution in [3.05, 3.63) is 48.0 Å². The predicted octanol–water partition coefficient (Wildman–Crippen LogP) is 2.89. The first-order valence-corrected chi connectivity index (χ1v) is 6.41. The van der Waals surface area contributed by atoms with Crippen molar-refractivity contribution >= 4 is 11.6 Å². The molecule has 3 atom stereocenters. The summed E-state index contributed by atoms with van der Waals surface area (Å²) < 4.78 is 0. The minimum atomic E-state index is -0.0921. The van der Waals surface area contributed by atoms with E-state index in [2.05, 4.69) is 6.92 Å². The first-order valence-electron chi connectivity index (χ1n) is 6.41. The fourth-order valence-corrected chi connectivity index (χ4v) is 3.01. The Labute approximate surface area is 107 Å². The summed E-state index contributed by atoms with van der Waals surface area (Å²) in [5.41, 5.74) is 1.09. The summed E-state index contributed by atoms with van der Waals surface area (Å²) in [5, 5.41) is 0. The van der Waals surface area contributed by atoms with Gasteiger partial charge in [0, 0.05) is 11.8 Å². The molecule has 1 aromatic rings. The molecule has 0 amide bonds. The monoisotopic (exact) mass is 240 g/mol. The molecule has 1 fully saturated rings. The minimum absolute atomic E-state index is 0.0258. The maximum Gasteiger partial charge on any atom is 0.163 e. The van der Waals surface area contributed by atoms with E-state index in [1.165, 1.54) is 12.2 Å². The van der Waals surface area contributed by atoms with Crippen molar-refractivity contribution in [3.8, 4) is 0 Å². The first-order chi connectivity index (χ1) is 8.60. The largest absolute Gasteiger partial charge is 0.295 e. The van der Waals surface area contributed by atoms with E-state index in [0.717, 1.165) is 18.4 Å². The Balaban J connectivity index is 1.97. The second-order valence-electron chi connectivity index (χ2n) is 5.72. The normalized spacial score (nSPS) is 36.5. The molecule has 2 nitrogen and oxygen atoms in total. The number of carbonyl (C=O) groups excluding carboxylic acids is 2. The van der Waals surface area contributed by atoms with Gasteiger partial charge in [0.2, 0.25) is 0 Å². The van der Waals surface area contributed by atoms with Crippen molar-refractivity contribution in [1.29, 1.82) is 0 Å². The van der Waals surface area contributed by atoms with Gasteiger partial charge in [-0.1, -0.05) is 37.3 Å². The topological polar surface area (TPSA) is 34.1 Å². The van der Waals surface area contributed by atoms with Crippen LogP contribution in [0.1, 0.15) is 31.2 Å². The van der Waals surface area contributed by atoms with E-state index in [4.69, 9.17) is 0 Å². The molecule has 92 valence electrons. The lowest BCUT2D eigenvalue weighted by Crippen LogP contribution is -2.19. The van der Waals surface area contributed by atoms with Gasteiger partial charge in [0.25, 0.3) is 0 Å². The van der Waals surface area contributed by atoms with Crippen LogP contribution in [0.25, 0.3) is 0 Å². The summed E-state index contributed by atoms with van der Waals surface area (Å²) in [7, 11) is 0. The fourth-order valence-electron chi connectivity index (χ4n) is 3.01. The smallest absolute Gasteiger partial charge is 0.163 e. The van der Waals surface area contributed by atoms with E-state index >= 15 is 0 Å². The number of ketones is 2. The molecular weight excluding hydrogens is 224 g/mol. The molecule has 0 spiro atoms. The molecule has 0 radical (unpaired) electrons. The molecule has 18 heavy (non-hydrogen) atoms. The average molecular weight is 240 g/mol. The highest BCUT2D eigenvalue weighted by molar-refractivity contribution is 6.04. The molecule has 2 aliphatic rings. The van der Waals surface area contributed by atoms with Gasteiger partial charge < -0.3 is 0 Å². The van der Waals surface area contributed by atoms with Gasteiger partial charge in [-0.3, -0.25) is 9.59 Å². The fraction of sp³-hybridized carbons (Fsp3) is 0.375. The van der Waals surface area contributed by atoms with Crippen LogP contribution in [0.3, 0.4) is 0 Å². The molecule has 0 bridgehead atoms. The maximum absolute atomic E-state index is 12.2. The van der Waals surface area contributed by atoms with Crippen LogP contribution in [-0.4, -0.2) is 11.6 Å². The molecule has 0 heterocycles. The second kappa shape index (κ2) is 3.91. The average Bonchev–Trinajstić information content (AvgIpc) is 3.05. The van der Waals surface area contributed by atoms with E-state index < -0.39 is 0 Å². The molecular formula is C16H16O2. The number of benzene rings is 1. The minimum Gasteiger partial charge on any atom is -0.295 e. The van der Waals surface area contributed by atoms with Gasteiger partial charge in [0.1, 0.15) is 0 Å². The lowest BCUT2D eigenvalue weighted by atomic mass is 9.82. The van der Waals surface area contributed by atoms with E-state index in [1.54, 1.807) is 0 Å². The summed E-state index contributed by atoms with van der Waals surface area (Å²) in [5.74, 6) is 0.220. The molecule has 3 rings (SSSR count). The van der Waals surface area contributed by atoms with Gasteiger partial charge in [-0.2, -0.15) is 0 Å². The molecule has 0 aromatic heterocycles. The van der Waals surface area contributed by atoms with Gasteiger partial charge in [-0.05, 0) is 36.0 Å². The maximum atomic E-state index is 12.2. The van der Waals surface area contributed by atoms with Crippen molar-refractivity contribution < 1.29 is 9.59 Å². The van der Waals surface area contributed by atoms with Crippen LogP contribution in [0.2, 0.25) is 0 Å². The summed E-state index contributed by atoms with van der Waals surface area (Å²) >= 11 is 0. The number of rotatable bonds is 1. The third kappa shape index (κ3) is 1.82. The summed E-state index contributed by atoms with van der Waals surface area (Å²) in [4.78, 5) is 23.9. The Morgan fingerprint density at radius 3 is 2.39 bits per heavy atom. The molecule has 0 aliphatic heterocycles. The molecule has 2 heteroatoms. The van der Waals surface area contributed by atoms with E-state index in [-0.39, 0.29) is 28.8 Å². The number of hydrogen-bond donors (Lipinski definition) is 0. The highest BCUT2D eigenvalue weighted by Gasteiger charge is 2.55. The van der Waals surface area contributed by atoms with E-state index in [1.807, 2.05) is 30.3 Å². The third-order valence-corrected chi connectivity index (χ3v) is 4.32. The van der Waals surface area contributed by atoms with Crippen LogP contribution >= 0.6 is 0 Å². The van der Waals surface area contributed by atoms with Crippen LogP contribution in [0.4, 0.5) is 0 Å². The zero-order valence-electron chi connectivity index (χ0n) is 10.4. The second-order valence-corrected chi connectivity index (χ2v) is 5.72. The Hall–Kier alpha value is -1.70. The molecule has 0 unspecified atom stereocenters. The number of fused-ring (bicyclic) bond motifs is 1. The van der Waals surface area contributed by atoms with E-state index in [0.29, 0.717) is 0 Å². The Morgan fingerprint density at radius 1 is 1.00 bits per heavy atom. The molecule has 2 aliphatic carbocycles. The van der Waals surface area contributed by atoms with Gasteiger partial charge in [-0.15, -0.1) is 0 Å². The van der Waals surface area contributed by atoms with E-state index in [9.17, 15) is 9.59 Å². The van der Waals surface area contributed by atoms with Crippen molar-refractivity contribution in [2.75, 3.05) is 0 Å². The van der Waals surface area contributed by atoms with Gasteiger partial charge in [-0.25, -0.2) is 0 Å². The molecule has 1 saturated carbocycles. The molecule has 0 saturated heterocycles. The quantitative estimate of drug-likeness (QED) is 0.756. The van der Waals surface area contributed by atoms with Crippen LogP contribution in [-0.2, 0) is 9.59 Å². The number of carbonyl (C=O) groups is 2. The van der Waals surface area contributed by atoms with Gasteiger partial charge in [0.05, 0.1) is 0 Å². The lowest BCUT2D eigenvalue weighted by molar-refractivity contribution is -0.119. The molecule has 1 aromatic carbocycles. The van der Waals surface area contributed by atoms with Crippen LogP contribution in [0, 0.1) is 11.3 Å². The highest BCUT2D eigenvalue weighted by Crippen LogP contribution is 2.58. The van der Waals surface area contributed by atoms with Crippen LogP contribution in [0.15, 0.2) is 42.5 Å². The number of allylic oxidation sites excluding steroid dienone is 2. The Kier molecular flexibility index (Phi) is 2.47. The zero-order valence-corrected chi connectivity index (χ0v) is 10.4. The Morgan fingerprint density at radius 2 is 1.67 bits per heavy atom. The summed E-state index contributed by atoms with van der Waals surface area (Å²) in [6.45, 7) is 2.12. The van der Waals surface area contributed by atoms with Crippen molar-refractivity contribution in [3.63, 3.8) is 0 Å². The zero-order chi connectivity index (χ0) is 12.8. The van der Waals surface area contributed by atoms with Crippen molar-refractivity contribution in [2.45, 2.75) is 25.7 Å².